The number of carbonyl (C=O) groups is 2. The fourth-order valence-corrected chi connectivity index (χ4v) is 3.56. The lowest BCUT2D eigenvalue weighted by Crippen LogP contribution is -2.05. The molecule has 5 heteroatoms. The lowest BCUT2D eigenvalue weighted by molar-refractivity contribution is -0.145. The minimum atomic E-state index is -0.123. The van der Waals surface area contributed by atoms with Crippen LogP contribution in [0, 0.1) is 3.57 Å². The van der Waals surface area contributed by atoms with E-state index >= 15 is 0 Å². The second kappa shape index (κ2) is 18.6. The minimum Gasteiger partial charge on any atom is -0.466 e. The Kier molecular flexibility index (Phi) is 16.7. The third kappa shape index (κ3) is 15.7. The van der Waals surface area contributed by atoms with Crippen LogP contribution in [0.4, 0.5) is 0 Å². The smallest absolute Gasteiger partial charge is 0.306 e. The van der Waals surface area contributed by atoms with Crippen molar-refractivity contribution in [3.63, 3.8) is 0 Å². The third-order valence-electron chi connectivity index (χ3n) is 5.09. The highest BCUT2D eigenvalue weighted by atomic mass is 127. The monoisotopic (exact) mass is 530 g/mol. The summed E-state index contributed by atoms with van der Waals surface area (Å²) in [6.45, 7) is 3.14. The Hall–Kier alpha value is -1.11. The second-order valence-corrected chi connectivity index (χ2v) is 9.14. The standard InChI is InChI=1S/C25H39IO4/c1-2-3-4-5-10-13-20-29-24(27)14-11-8-6-7-9-12-15-25(28)30-21-22-16-18-23(26)19-17-22/h16-19H,2-15,20-21H2,1H3. The average molecular weight is 530 g/mol. The summed E-state index contributed by atoms with van der Waals surface area (Å²) in [6, 6.07) is 8.00. The highest BCUT2D eigenvalue weighted by Crippen LogP contribution is 2.12. The predicted octanol–water partition coefficient (Wildman–Crippen LogP) is 7.36. The van der Waals surface area contributed by atoms with Gasteiger partial charge in [0, 0.05) is 16.4 Å². The van der Waals surface area contributed by atoms with Crippen molar-refractivity contribution in [1.82, 2.24) is 0 Å². The summed E-state index contributed by atoms with van der Waals surface area (Å²) in [6.07, 6.45) is 14.3. The minimum absolute atomic E-state index is 0.0561. The number of rotatable bonds is 18. The van der Waals surface area contributed by atoms with Crippen LogP contribution in [0.1, 0.15) is 102 Å². The van der Waals surface area contributed by atoms with Gasteiger partial charge < -0.3 is 9.47 Å². The molecule has 0 saturated carbocycles. The Bertz CT molecular complexity index is 571. The van der Waals surface area contributed by atoms with Gasteiger partial charge in [-0.1, -0.05) is 76.8 Å². The van der Waals surface area contributed by atoms with E-state index < -0.39 is 0 Å². The van der Waals surface area contributed by atoms with Crippen molar-refractivity contribution >= 4 is 34.5 Å². The van der Waals surface area contributed by atoms with E-state index in [0.717, 1.165) is 56.9 Å². The predicted molar refractivity (Wildman–Crippen MR) is 130 cm³/mol. The molecule has 0 aliphatic heterocycles. The van der Waals surface area contributed by atoms with E-state index in [9.17, 15) is 9.59 Å². The molecule has 4 nitrogen and oxygen atoms in total. The summed E-state index contributed by atoms with van der Waals surface area (Å²) in [5, 5.41) is 0. The Morgan fingerprint density at radius 3 is 1.80 bits per heavy atom. The molecule has 0 radical (unpaired) electrons. The SMILES string of the molecule is CCCCCCCCOC(=O)CCCCCCCCC(=O)OCc1ccc(I)cc1. The van der Waals surface area contributed by atoms with Gasteiger partial charge in [-0.3, -0.25) is 9.59 Å². The van der Waals surface area contributed by atoms with Gasteiger partial charge in [-0.2, -0.15) is 0 Å². The molecule has 0 atom stereocenters. The largest absolute Gasteiger partial charge is 0.466 e. The van der Waals surface area contributed by atoms with Crippen molar-refractivity contribution in [3.8, 4) is 0 Å². The topological polar surface area (TPSA) is 52.6 Å². The van der Waals surface area contributed by atoms with Crippen LogP contribution in [-0.2, 0) is 25.7 Å². The highest BCUT2D eigenvalue weighted by molar-refractivity contribution is 14.1. The first kappa shape index (κ1) is 26.9. The summed E-state index contributed by atoms with van der Waals surface area (Å²) in [5.41, 5.74) is 1.02. The number of ether oxygens (including phenoxy) is 2. The lowest BCUT2D eigenvalue weighted by atomic mass is 10.1. The van der Waals surface area contributed by atoms with E-state index in [0.29, 0.717) is 26.1 Å². The zero-order chi connectivity index (χ0) is 21.9. The molecule has 0 aliphatic rings. The van der Waals surface area contributed by atoms with Gasteiger partial charge in [0.05, 0.1) is 6.61 Å². The number of esters is 2. The Balaban J connectivity index is 1.85. The van der Waals surface area contributed by atoms with Gasteiger partial charge in [0.15, 0.2) is 0 Å². The van der Waals surface area contributed by atoms with Gasteiger partial charge in [-0.05, 0) is 59.5 Å². The first-order chi connectivity index (χ1) is 14.6. The van der Waals surface area contributed by atoms with Crippen molar-refractivity contribution in [1.29, 1.82) is 0 Å². The molecule has 170 valence electrons. The molecule has 0 unspecified atom stereocenters. The van der Waals surface area contributed by atoms with Crippen LogP contribution < -0.4 is 0 Å². The van der Waals surface area contributed by atoms with Crippen LogP contribution in [0.5, 0.6) is 0 Å². The fraction of sp³-hybridized carbons (Fsp3) is 0.680. The quantitative estimate of drug-likeness (QED) is 0.113. The van der Waals surface area contributed by atoms with Crippen LogP contribution in [0.3, 0.4) is 0 Å². The number of hydrogen-bond acceptors (Lipinski definition) is 4. The molecule has 0 bridgehead atoms. The summed E-state index contributed by atoms with van der Waals surface area (Å²) in [4.78, 5) is 23.5. The molecule has 1 aromatic rings. The average Bonchev–Trinajstić information content (AvgIpc) is 2.74. The van der Waals surface area contributed by atoms with Crippen LogP contribution in [0.15, 0.2) is 24.3 Å². The normalized spacial score (nSPS) is 10.7. The molecule has 0 heterocycles. The maximum atomic E-state index is 11.8. The second-order valence-electron chi connectivity index (χ2n) is 7.90. The van der Waals surface area contributed by atoms with E-state index in [1.54, 1.807) is 0 Å². The van der Waals surface area contributed by atoms with E-state index in [4.69, 9.17) is 9.47 Å². The van der Waals surface area contributed by atoms with Gasteiger partial charge in [-0.25, -0.2) is 0 Å². The summed E-state index contributed by atoms with van der Waals surface area (Å²) < 4.78 is 11.8. The first-order valence-corrected chi connectivity index (χ1v) is 12.8. The molecular weight excluding hydrogens is 491 g/mol. The van der Waals surface area contributed by atoms with E-state index in [-0.39, 0.29) is 11.9 Å². The summed E-state index contributed by atoms with van der Waals surface area (Å²) in [7, 11) is 0. The van der Waals surface area contributed by atoms with Crippen LogP contribution in [0.2, 0.25) is 0 Å². The third-order valence-corrected chi connectivity index (χ3v) is 5.80. The lowest BCUT2D eigenvalue weighted by Gasteiger charge is -2.06. The van der Waals surface area contributed by atoms with Gasteiger partial charge in [-0.15, -0.1) is 0 Å². The molecule has 1 aromatic carbocycles. The zero-order valence-corrected chi connectivity index (χ0v) is 20.8. The number of benzene rings is 1. The first-order valence-electron chi connectivity index (χ1n) is 11.7. The number of halogens is 1. The maximum Gasteiger partial charge on any atom is 0.306 e. The number of hydrogen-bond donors (Lipinski definition) is 0. The van der Waals surface area contributed by atoms with Crippen LogP contribution >= 0.6 is 22.6 Å². The summed E-state index contributed by atoms with van der Waals surface area (Å²) in [5.74, 6) is -0.180. The van der Waals surface area contributed by atoms with Gasteiger partial charge in [0.25, 0.3) is 0 Å². The van der Waals surface area contributed by atoms with Gasteiger partial charge >= 0.3 is 11.9 Å². The Labute approximate surface area is 196 Å². The Morgan fingerprint density at radius 1 is 0.700 bits per heavy atom. The molecule has 0 amide bonds. The van der Waals surface area contributed by atoms with E-state index in [1.807, 2.05) is 24.3 Å². The van der Waals surface area contributed by atoms with Crippen molar-refractivity contribution in [2.24, 2.45) is 0 Å². The molecule has 0 aliphatic carbocycles. The molecule has 0 fully saturated rings. The fourth-order valence-electron chi connectivity index (χ4n) is 3.20. The molecular formula is C25H39IO4. The van der Waals surface area contributed by atoms with Crippen LogP contribution in [0.25, 0.3) is 0 Å². The van der Waals surface area contributed by atoms with Crippen molar-refractivity contribution in [3.05, 3.63) is 33.4 Å². The van der Waals surface area contributed by atoms with E-state index in [2.05, 4.69) is 29.5 Å². The van der Waals surface area contributed by atoms with Gasteiger partial charge in [0.2, 0.25) is 0 Å². The summed E-state index contributed by atoms with van der Waals surface area (Å²) >= 11 is 2.26. The molecule has 1 rings (SSSR count). The van der Waals surface area contributed by atoms with Gasteiger partial charge in [0.1, 0.15) is 6.61 Å². The molecule has 0 N–H and O–H groups in total. The number of carbonyl (C=O) groups excluding carboxylic acids is 2. The molecule has 0 spiro atoms. The van der Waals surface area contributed by atoms with E-state index in [1.165, 1.54) is 29.3 Å². The number of unbranched alkanes of at least 4 members (excludes halogenated alkanes) is 10. The van der Waals surface area contributed by atoms with Crippen LogP contribution in [-0.4, -0.2) is 18.5 Å². The van der Waals surface area contributed by atoms with Crippen molar-refractivity contribution < 1.29 is 19.1 Å². The Morgan fingerprint density at radius 2 is 1.20 bits per heavy atom. The van der Waals surface area contributed by atoms with Crippen molar-refractivity contribution in [2.45, 2.75) is 103 Å². The molecule has 30 heavy (non-hydrogen) atoms. The molecule has 0 saturated heterocycles. The maximum absolute atomic E-state index is 11.8. The highest BCUT2D eigenvalue weighted by Gasteiger charge is 2.05. The van der Waals surface area contributed by atoms with Crippen molar-refractivity contribution in [2.75, 3.05) is 6.61 Å². The molecule has 0 aromatic heterocycles. The zero-order valence-electron chi connectivity index (χ0n) is 18.6.